The maximum absolute atomic E-state index is 13.2. The molecule has 7 heteroatoms. The van der Waals surface area contributed by atoms with Crippen LogP contribution in [-0.2, 0) is 20.7 Å². The molecule has 0 N–H and O–H groups in total. The third-order valence-electron chi connectivity index (χ3n) is 5.99. The van der Waals surface area contributed by atoms with E-state index in [1.165, 1.54) is 7.11 Å². The molecular weight excluding hydrogens is 422 g/mol. The summed E-state index contributed by atoms with van der Waals surface area (Å²) in [5.74, 6) is 1.20. The minimum atomic E-state index is -0.478. The van der Waals surface area contributed by atoms with Crippen molar-refractivity contribution < 1.29 is 28.5 Å². The van der Waals surface area contributed by atoms with Gasteiger partial charge in [-0.3, -0.25) is 9.59 Å². The lowest BCUT2D eigenvalue weighted by molar-refractivity contribution is -0.144. The van der Waals surface area contributed by atoms with E-state index in [2.05, 4.69) is 0 Å². The van der Waals surface area contributed by atoms with Gasteiger partial charge in [-0.15, -0.1) is 0 Å². The van der Waals surface area contributed by atoms with Gasteiger partial charge in [0.15, 0.2) is 18.1 Å². The molecule has 0 unspecified atom stereocenters. The van der Waals surface area contributed by atoms with E-state index in [1.807, 2.05) is 54.6 Å². The summed E-state index contributed by atoms with van der Waals surface area (Å²) in [4.78, 5) is 27.1. The summed E-state index contributed by atoms with van der Waals surface area (Å²) in [6.07, 6.45) is 0.676. The van der Waals surface area contributed by atoms with Crippen LogP contribution in [0.2, 0.25) is 0 Å². The van der Waals surface area contributed by atoms with E-state index in [4.69, 9.17) is 18.9 Å². The summed E-state index contributed by atoms with van der Waals surface area (Å²) in [6, 6.07) is 17.0. The number of carbonyl (C=O) groups is 2. The molecular formula is C26H27NO6. The van der Waals surface area contributed by atoms with Crippen LogP contribution in [0, 0.1) is 0 Å². The van der Waals surface area contributed by atoms with Crippen molar-refractivity contribution in [3.05, 3.63) is 65.7 Å². The van der Waals surface area contributed by atoms with Crippen molar-refractivity contribution >= 4 is 22.6 Å². The molecule has 0 saturated carbocycles. The van der Waals surface area contributed by atoms with Gasteiger partial charge in [0.05, 0.1) is 33.8 Å². The van der Waals surface area contributed by atoms with Crippen molar-refractivity contribution in [1.29, 1.82) is 0 Å². The number of carbonyl (C=O) groups excluding carboxylic acids is 2. The molecule has 0 spiro atoms. The number of benzene rings is 3. The average Bonchev–Trinajstić information content (AvgIpc) is 2.86. The first-order valence-corrected chi connectivity index (χ1v) is 10.8. The predicted molar refractivity (Wildman–Crippen MR) is 124 cm³/mol. The lowest BCUT2D eigenvalue weighted by Gasteiger charge is -2.37. The molecule has 0 aliphatic carbocycles. The van der Waals surface area contributed by atoms with Gasteiger partial charge in [0.2, 0.25) is 0 Å². The number of hydrogen-bond donors (Lipinski definition) is 0. The zero-order chi connectivity index (χ0) is 23.4. The summed E-state index contributed by atoms with van der Waals surface area (Å²) >= 11 is 0. The van der Waals surface area contributed by atoms with Crippen LogP contribution in [0.5, 0.6) is 17.2 Å². The van der Waals surface area contributed by atoms with Crippen LogP contribution >= 0.6 is 0 Å². The molecule has 0 bridgehead atoms. The predicted octanol–water partition coefficient (Wildman–Crippen LogP) is 3.92. The van der Waals surface area contributed by atoms with Gasteiger partial charge in [-0.25, -0.2) is 0 Å². The van der Waals surface area contributed by atoms with Gasteiger partial charge < -0.3 is 23.8 Å². The van der Waals surface area contributed by atoms with Crippen molar-refractivity contribution in [3.8, 4) is 17.2 Å². The molecule has 1 atom stereocenters. The van der Waals surface area contributed by atoms with Gasteiger partial charge in [-0.2, -0.15) is 0 Å². The molecule has 3 aromatic carbocycles. The fourth-order valence-corrected chi connectivity index (χ4v) is 4.27. The monoisotopic (exact) mass is 449 g/mol. The summed E-state index contributed by atoms with van der Waals surface area (Å²) in [7, 11) is 4.48. The zero-order valence-electron chi connectivity index (χ0n) is 19.0. The Kier molecular flexibility index (Phi) is 6.68. The molecule has 172 valence electrons. The van der Waals surface area contributed by atoms with Crippen LogP contribution in [0.1, 0.15) is 23.6 Å². The molecule has 33 heavy (non-hydrogen) atoms. The highest BCUT2D eigenvalue weighted by Crippen LogP contribution is 2.39. The van der Waals surface area contributed by atoms with Gasteiger partial charge in [0.25, 0.3) is 5.91 Å². The van der Waals surface area contributed by atoms with Gasteiger partial charge in [0.1, 0.15) is 5.75 Å². The van der Waals surface area contributed by atoms with Gasteiger partial charge in [-0.05, 0) is 52.6 Å². The Hall–Kier alpha value is -3.74. The summed E-state index contributed by atoms with van der Waals surface area (Å²) < 4.78 is 21.6. The van der Waals surface area contributed by atoms with E-state index in [1.54, 1.807) is 19.1 Å². The molecule has 0 aromatic heterocycles. The number of amides is 1. The molecule has 1 heterocycles. The lowest BCUT2D eigenvalue weighted by Crippen LogP contribution is -2.43. The van der Waals surface area contributed by atoms with Crippen LogP contribution in [0.15, 0.2) is 54.6 Å². The highest BCUT2D eigenvalue weighted by Gasteiger charge is 2.34. The Morgan fingerprint density at radius 2 is 1.67 bits per heavy atom. The lowest BCUT2D eigenvalue weighted by atomic mass is 9.90. The summed E-state index contributed by atoms with van der Waals surface area (Å²) in [5.41, 5.74) is 1.87. The molecule has 1 aliphatic heterocycles. The fourth-order valence-electron chi connectivity index (χ4n) is 4.27. The fraction of sp³-hybridized carbons (Fsp3) is 0.308. The Morgan fingerprint density at radius 1 is 0.939 bits per heavy atom. The zero-order valence-corrected chi connectivity index (χ0v) is 19.0. The van der Waals surface area contributed by atoms with E-state index in [0.29, 0.717) is 30.2 Å². The van der Waals surface area contributed by atoms with Crippen molar-refractivity contribution in [2.24, 2.45) is 0 Å². The number of ether oxygens (including phenoxy) is 4. The van der Waals surface area contributed by atoms with Crippen LogP contribution in [0.3, 0.4) is 0 Å². The molecule has 1 amide bonds. The second-order valence-electron chi connectivity index (χ2n) is 7.84. The minimum Gasteiger partial charge on any atom is -0.493 e. The van der Waals surface area contributed by atoms with Crippen molar-refractivity contribution in [2.75, 3.05) is 34.5 Å². The number of nitrogens with zero attached hydrogens (tertiary/aromatic N) is 1. The second kappa shape index (κ2) is 9.81. The van der Waals surface area contributed by atoms with Gasteiger partial charge in [0, 0.05) is 6.54 Å². The minimum absolute atomic E-state index is 0.0424. The molecule has 0 saturated heterocycles. The second-order valence-corrected chi connectivity index (χ2v) is 7.84. The van der Waals surface area contributed by atoms with Crippen molar-refractivity contribution in [2.45, 2.75) is 18.9 Å². The third kappa shape index (κ3) is 4.72. The van der Waals surface area contributed by atoms with E-state index >= 15 is 0 Å². The summed E-state index contributed by atoms with van der Waals surface area (Å²) in [6.45, 7) is 0.336. The first kappa shape index (κ1) is 22.5. The summed E-state index contributed by atoms with van der Waals surface area (Å²) in [5, 5.41) is 2.14. The standard InChI is InChI=1S/C26H27NO6/c1-30-23-13-19-10-11-27(22(15-26(29)32-3)21(19)14-24(23)31-2)25(28)16-33-20-9-8-17-6-4-5-7-18(17)12-20/h4-9,12-14,22H,10-11,15-16H2,1-3H3/t22-/m0/s1. The Balaban J connectivity index is 1.57. The molecule has 0 radical (unpaired) electrons. The first-order chi connectivity index (χ1) is 16.0. The van der Waals surface area contributed by atoms with Gasteiger partial charge >= 0.3 is 5.97 Å². The number of fused-ring (bicyclic) bond motifs is 2. The molecule has 4 rings (SSSR count). The highest BCUT2D eigenvalue weighted by molar-refractivity contribution is 5.84. The number of hydrogen-bond acceptors (Lipinski definition) is 6. The normalized spacial score (nSPS) is 15.0. The Morgan fingerprint density at radius 3 is 2.39 bits per heavy atom. The van der Waals surface area contributed by atoms with Crippen molar-refractivity contribution in [1.82, 2.24) is 4.90 Å². The number of rotatable bonds is 7. The smallest absolute Gasteiger partial charge is 0.307 e. The Bertz CT molecular complexity index is 1170. The molecule has 0 fully saturated rings. The van der Waals surface area contributed by atoms with E-state index in [9.17, 15) is 9.59 Å². The quantitative estimate of drug-likeness (QED) is 0.509. The maximum Gasteiger partial charge on any atom is 0.307 e. The van der Waals surface area contributed by atoms with Gasteiger partial charge in [-0.1, -0.05) is 30.3 Å². The molecule has 7 nitrogen and oxygen atoms in total. The van der Waals surface area contributed by atoms with E-state index < -0.39 is 12.0 Å². The average molecular weight is 450 g/mol. The SMILES string of the molecule is COC(=O)C[C@H]1c2cc(OC)c(OC)cc2CCN1C(=O)COc1ccc2ccccc2c1. The largest absolute Gasteiger partial charge is 0.493 e. The first-order valence-electron chi connectivity index (χ1n) is 10.8. The topological polar surface area (TPSA) is 74.3 Å². The van der Waals surface area contributed by atoms with Crippen LogP contribution in [0.4, 0.5) is 0 Å². The number of esters is 1. The third-order valence-corrected chi connectivity index (χ3v) is 5.99. The van der Waals surface area contributed by atoms with Crippen LogP contribution < -0.4 is 14.2 Å². The van der Waals surface area contributed by atoms with Crippen LogP contribution in [0.25, 0.3) is 10.8 Å². The molecule has 1 aliphatic rings. The number of methoxy groups -OCH3 is 3. The molecule has 3 aromatic rings. The van der Waals surface area contributed by atoms with E-state index in [0.717, 1.165) is 21.9 Å². The highest BCUT2D eigenvalue weighted by atomic mass is 16.5. The Labute approximate surface area is 192 Å². The van der Waals surface area contributed by atoms with Crippen molar-refractivity contribution in [3.63, 3.8) is 0 Å². The van der Waals surface area contributed by atoms with E-state index in [-0.39, 0.29) is 18.9 Å². The van der Waals surface area contributed by atoms with Crippen LogP contribution in [-0.4, -0.2) is 51.3 Å². The maximum atomic E-state index is 13.2.